The zero-order chi connectivity index (χ0) is 25.1. The highest BCUT2D eigenvalue weighted by Crippen LogP contribution is 2.18. The second kappa shape index (κ2) is 12.7. The third kappa shape index (κ3) is 8.93. The monoisotopic (exact) mass is 472 g/mol. The van der Waals surface area contributed by atoms with Crippen molar-refractivity contribution in [3.8, 4) is 5.75 Å². The van der Waals surface area contributed by atoms with E-state index in [0.29, 0.717) is 32.4 Å². The van der Waals surface area contributed by atoms with Crippen LogP contribution >= 0.6 is 0 Å². The van der Waals surface area contributed by atoms with Crippen LogP contribution in [-0.2, 0) is 22.6 Å². The molecule has 35 heavy (non-hydrogen) atoms. The molecule has 0 aliphatic rings. The molecule has 3 aromatic rings. The van der Waals surface area contributed by atoms with E-state index in [9.17, 15) is 9.59 Å². The number of hydrogen-bond donors (Lipinski definition) is 1. The number of para-hydroxylation sites is 1. The van der Waals surface area contributed by atoms with Gasteiger partial charge < -0.3 is 15.0 Å². The van der Waals surface area contributed by atoms with E-state index in [1.165, 1.54) is 0 Å². The van der Waals surface area contributed by atoms with Crippen LogP contribution in [0.1, 0.15) is 44.7 Å². The number of ether oxygens (including phenoxy) is 1. The van der Waals surface area contributed by atoms with Crippen LogP contribution in [0.3, 0.4) is 0 Å². The lowest BCUT2D eigenvalue weighted by Gasteiger charge is -2.34. The molecule has 2 amide bonds. The van der Waals surface area contributed by atoms with Crippen LogP contribution in [0, 0.1) is 0 Å². The average Bonchev–Trinajstić information content (AvgIpc) is 2.84. The van der Waals surface area contributed by atoms with Gasteiger partial charge in [-0.05, 0) is 50.5 Å². The zero-order valence-electron chi connectivity index (χ0n) is 20.9. The highest BCUT2D eigenvalue weighted by molar-refractivity contribution is 5.88. The summed E-state index contributed by atoms with van der Waals surface area (Å²) in [4.78, 5) is 28.8. The first-order valence-corrected chi connectivity index (χ1v) is 12.2. The molecule has 0 aliphatic carbocycles. The van der Waals surface area contributed by atoms with Crippen molar-refractivity contribution in [3.63, 3.8) is 0 Å². The average molecular weight is 473 g/mol. The highest BCUT2D eigenvalue weighted by Gasteiger charge is 2.31. The number of nitrogens with one attached hydrogen (secondary N) is 1. The van der Waals surface area contributed by atoms with E-state index in [4.69, 9.17) is 4.74 Å². The Hall–Kier alpha value is -3.60. The summed E-state index contributed by atoms with van der Waals surface area (Å²) in [5, 5.41) is 3.09. The summed E-state index contributed by atoms with van der Waals surface area (Å²) in [5.74, 6) is 0.578. The summed E-state index contributed by atoms with van der Waals surface area (Å²) in [5.41, 5.74) is 1.60. The fourth-order valence-electron chi connectivity index (χ4n) is 3.86. The van der Waals surface area contributed by atoms with Gasteiger partial charge in [0.15, 0.2) is 0 Å². The molecule has 0 radical (unpaired) electrons. The molecule has 3 rings (SSSR count). The predicted octanol–water partition coefficient (Wildman–Crippen LogP) is 5.40. The van der Waals surface area contributed by atoms with Crippen LogP contribution in [0.25, 0.3) is 0 Å². The van der Waals surface area contributed by atoms with Gasteiger partial charge >= 0.3 is 0 Å². The fraction of sp³-hybridized carbons (Fsp3) is 0.333. The number of hydrogen-bond acceptors (Lipinski definition) is 3. The zero-order valence-corrected chi connectivity index (χ0v) is 20.9. The quantitative estimate of drug-likeness (QED) is 0.380. The standard InChI is InChI=1S/C30H36N2O3/c1-30(2,3)31-29(34)27(22-24-14-7-4-8-15-24)32(23-25-16-9-5-10-17-25)28(33)20-13-21-35-26-18-11-6-12-19-26/h4-12,14-19,27H,13,20-23H2,1-3H3,(H,31,34)/t27-/m0/s1. The topological polar surface area (TPSA) is 58.6 Å². The maximum atomic E-state index is 13.6. The van der Waals surface area contributed by atoms with Crippen LogP contribution in [0.4, 0.5) is 0 Å². The summed E-state index contributed by atoms with van der Waals surface area (Å²) >= 11 is 0. The minimum atomic E-state index is -0.626. The molecular weight excluding hydrogens is 436 g/mol. The lowest BCUT2D eigenvalue weighted by atomic mass is 10.00. The van der Waals surface area contributed by atoms with Gasteiger partial charge in [0.2, 0.25) is 11.8 Å². The molecular formula is C30H36N2O3. The van der Waals surface area contributed by atoms with Crippen LogP contribution in [0.2, 0.25) is 0 Å². The Kier molecular flexibility index (Phi) is 9.47. The van der Waals surface area contributed by atoms with Crippen LogP contribution in [-0.4, -0.2) is 34.9 Å². The van der Waals surface area contributed by atoms with E-state index in [2.05, 4.69) is 5.32 Å². The summed E-state index contributed by atoms with van der Waals surface area (Å²) in [6.07, 6.45) is 1.31. The Labute approximate surface area is 209 Å². The highest BCUT2D eigenvalue weighted by atomic mass is 16.5. The van der Waals surface area contributed by atoms with Gasteiger partial charge in [-0.3, -0.25) is 9.59 Å². The molecule has 1 atom stereocenters. The molecule has 5 heteroatoms. The summed E-state index contributed by atoms with van der Waals surface area (Å²) in [7, 11) is 0. The Morgan fingerprint density at radius 2 is 1.37 bits per heavy atom. The molecule has 5 nitrogen and oxygen atoms in total. The van der Waals surface area contributed by atoms with E-state index in [1.54, 1.807) is 4.90 Å². The fourth-order valence-corrected chi connectivity index (χ4v) is 3.86. The number of rotatable bonds is 11. The predicted molar refractivity (Wildman–Crippen MR) is 140 cm³/mol. The minimum Gasteiger partial charge on any atom is -0.494 e. The first-order chi connectivity index (χ1) is 16.8. The molecule has 0 fully saturated rings. The Balaban J connectivity index is 1.79. The Morgan fingerprint density at radius 1 is 0.829 bits per heavy atom. The van der Waals surface area contributed by atoms with Gasteiger partial charge in [-0.1, -0.05) is 78.9 Å². The van der Waals surface area contributed by atoms with Crippen molar-refractivity contribution in [2.24, 2.45) is 0 Å². The third-order valence-electron chi connectivity index (χ3n) is 5.51. The molecule has 3 aromatic carbocycles. The molecule has 0 heterocycles. The van der Waals surface area contributed by atoms with E-state index in [-0.39, 0.29) is 11.8 Å². The van der Waals surface area contributed by atoms with E-state index >= 15 is 0 Å². The van der Waals surface area contributed by atoms with Gasteiger partial charge in [-0.15, -0.1) is 0 Å². The van der Waals surface area contributed by atoms with Gasteiger partial charge in [0.25, 0.3) is 0 Å². The Morgan fingerprint density at radius 3 is 1.94 bits per heavy atom. The molecule has 1 N–H and O–H groups in total. The van der Waals surface area contributed by atoms with Gasteiger partial charge in [0.1, 0.15) is 11.8 Å². The Bertz CT molecular complexity index is 1050. The van der Waals surface area contributed by atoms with Crippen molar-refractivity contribution in [2.75, 3.05) is 6.61 Å². The normalized spacial score (nSPS) is 12.0. The van der Waals surface area contributed by atoms with E-state index in [1.807, 2.05) is 112 Å². The van der Waals surface area contributed by atoms with Gasteiger partial charge in [0.05, 0.1) is 6.61 Å². The van der Waals surface area contributed by atoms with Crippen LogP contribution in [0.15, 0.2) is 91.0 Å². The molecule has 184 valence electrons. The van der Waals surface area contributed by atoms with Crippen molar-refractivity contribution in [1.29, 1.82) is 0 Å². The maximum absolute atomic E-state index is 13.6. The largest absolute Gasteiger partial charge is 0.494 e. The molecule has 0 bridgehead atoms. The van der Waals surface area contributed by atoms with E-state index < -0.39 is 11.6 Å². The molecule has 0 saturated heterocycles. The number of benzene rings is 3. The lowest BCUT2D eigenvalue weighted by molar-refractivity contribution is -0.142. The summed E-state index contributed by atoms with van der Waals surface area (Å²) < 4.78 is 5.77. The van der Waals surface area contributed by atoms with Crippen molar-refractivity contribution >= 4 is 11.8 Å². The van der Waals surface area contributed by atoms with E-state index in [0.717, 1.165) is 16.9 Å². The molecule has 0 unspecified atom stereocenters. The summed E-state index contributed by atoms with van der Waals surface area (Å²) in [6, 6.07) is 28.6. The second-order valence-electron chi connectivity index (χ2n) is 9.72. The SMILES string of the molecule is CC(C)(C)NC(=O)[C@H](Cc1ccccc1)N(Cc1ccccc1)C(=O)CCCOc1ccccc1. The van der Waals surface area contributed by atoms with Gasteiger partial charge in [0, 0.05) is 24.9 Å². The number of carbonyl (C=O) groups is 2. The lowest BCUT2D eigenvalue weighted by Crippen LogP contribution is -2.54. The van der Waals surface area contributed by atoms with Gasteiger partial charge in [-0.25, -0.2) is 0 Å². The number of carbonyl (C=O) groups excluding carboxylic acids is 2. The van der Waals surface area contributed by atoms with Crippen molar-refractivity contribution in [1.82, 2.24) is 10.2 Å². The summed E-state index contributed by atoms with van der Waals surface area (Å²) in [6.45, 7) is 6.67. The molecule has 0 aromatic heterocycles. The van der Waals surface area contributed by atoms with Crippen LogP contribution < -0.4 is 10.1 Å². The number of nitrogens with zero attached hydrogens (tertiary/aromatic N) is 1. The third-order valence-corrected chi connectivity index (χ3v) is 5.51. The first-order valence-electron chi connectivity index (χ1n) is 12.2. The molecule has 0 saturated carbocycles. The number of amides is 2. The van der Waals surface area contributed by atoms with Crippen molar-refractivity contribution in [3.05, 3.63) is 102 Å². The second-order valence-corrected chi connectivity index (χ2v) is 9.72. The molecule has 0 aliphatic heterocycles. The van der Waals surface area contributed by atoms with Crippen molar-refractivity contribution in [2.45, 2.75) is 58.2 Å². The van der Waals surface area contributed by atoms with Gasteiger partial charge in [-0.2, -0.15) is 0 Å². The van der Waals surface area contributed by atoms with Crippen molar-refractivity contribution < 1.29 is 14.3 Å². The smallest absolute Gasteiger partial charge is 0.243 e. The van der Waals surface area contributed by atoms with Crippen LogP contribution in [0.5, 0.6) is 5.75 Å². The molecule has 0 spiro atoms. The maximum Gasteiger partial charge on any atom is 0.243 e. The minimum absolute atomic E-state index is 0.0597. The first kappa shape index (κ1) is 26.0.